The van der Waals surface area contributed by atoms with Gasteiger partial charge in [-0.05, 0) is 42.3 Å². The lowest BCUT2D eigenvalue weighted by atomic mass is 10.1. The van der Waals surface area contributed by atoms with Crippen LogP contribution in [0.1, 0.15) is 29.7 Å². The molecular formula is C16H14FNO2. The van der Waals surface area contributed by atoms with Gasteiger partial charge in [0, 0.05) is 0 Å². The lowest BCUT2D eigenvalue weighted by Gasteiger charge is -2.10. The van der Waals surface area contributed by atoms with E-state index in [1.807, 2.05) is 6.07 Å². The fourth-order valence-corrected chi connectivity index (χ4v) is 1.78. The molecule has 0 aliphatic carbocycles. The van der Waals surface area contributed by atoms with Gasteiger partial charge in [-0.2, -0.15) is 5.26 Å². The van der Waals surface area contributed by atoms with Crippen LogP contribution in [0.3, 0.4) is 0 Å². The third kappa shape index (κ3) is 3.34. The van der Waals surface area contributed by atoms with Crippen LogP contribution < -0.4 is 4.74 Å². The largest absolute Gasteiger partial charge is 0.489 e. The van der Waals surface area contributed by atoms with Crippen LogP contribution in [-0.4, -0.2) is 5.11 Å². The van der Waals surface area contributed by atoms with E-state index in [0.29, 0.717) is 11.3 Å². The number of benzene rings is 2. The first-order valence-corrected chi connectivity index (χ1v) is 6.19. The number of hydrogen-bond donors (Lipinski definition) is 1. The predicted octanol–water partition coefficient (Wildman–Crippen LogP) is 3.33. The van der Waals surface area contributed by atoms with Gasteiger partial charge in [0.25, 0.3) is 0 Å². The van der Waals surface area contributed by atoms with Gasteiger partial charge >= 0.3 is 0 Å². The summed E-state index contributed by atoms with van der Waals surface area (Å²) in [6, 6.07) is 13.2. The standard InChI is InChI=1S/C16H14FNO2/c1-11(19)13-3-2-4-15(8-13)20-10-12-5-6-16(17)14(7-12)9-18/h2-8,11,19H,10H2,1H3/t11-/m0/s1. The number of hydrogen-bond acceptors (Lipinski definition) is 3. The molecule has 2 rings (SSSR count). The highest BCUT2D eigenvalue weighted by molar-refractivity contribution is 5.35. The quantitative estimate of drug-likeness (QED) is 0.928. The van der Waals surface area contributed by atoms with Gasteiger partial charge in [0.05, 0.1) is 11.7 Å². The molecule has 0 spiro atoms. The van der Waals surface area contributed by atoms with Gasteiger partial charge in [-0.1, -0.05) is 18.2 Å². The topological polar surface area (TPSA) is 53.2 Å². The van der Waals surface area contributed by atoms with Crippen LogP contribution in [0.4, 0.5) is 4.39 Å². The van der Waals surface area contributed by atoms with E-state index in [-0.39, 0.29) is 12.2 Å². The molecule has 0 aliphatic rings. The minimum Gasteiger partial charge on any atom is -0.489 e. The zero-order valence-corrected chi connectivity index (χ0v) is 11.0. The van der Waals surface area contributed by atoms with Crippen molar-refractivity contribution in [1.82, 2.24) is 0 Å². The molecule has 0 bridgehead atoms. The number of ether oxygens (including phenoxy) is 1. The Bertz CT molecular complexity index is 647. The van der Waals surface area contributed by atoms with Crippen LogP contribution in [-0.2, 0) is 6.61 Å². The number of aliphatic hydroxyl groups is 1. The van der Waals surface area contributed by atoms with Crippen molar-refractivity contribution >= 4 is 0 Å². The summed E-state index contributed by atoms with van der Waals surface area (Å²) >= 11 is 0. The zero-order chi connectivity index (χ0) is 14.5. The summed E-state index contributed by atoms with van der Waals surface area (Å²) in [6.45, 7) is 1.91. The van der Waals surface area contributed by atoms with Crippen LogP contribution in [0.2, 0.25) is 0 Å². The van der Waals surface area contributed by atoms with Gasteiger partial charge in [-0.25, -0.2) is 4.39 Å². The molecule has 0 amide bonds. The average Bonchev–Trinajstić information content (AvgIpc) is 2.46. The van der Waals surface area contributed by atoms with E-state index in [4.69, 9.17) is 10.00 Å². The molecule has 102 valence electrons. The minimum atomic E-state index is -0.561. The van der Waals surface area contributed by atoms with E-state index in [0.717, 1.165) is 5.56 Å². The first-order valence-electron chi connectivity index (χ1n) is 6.19. The second-order valence-electron chi connectivity index (χ2n) is 4.46. The Morgan fingerprint density at radius 3 is 2.80 bits per heavy atom. The Morgan fingerprint density at radius 2 is 2.10 bits per heavy atom. The molecule has 0 aromatic heterocycles. The Labute approximate surface area is 116 Å². The Kier molecular flexibility index (Phi) is 4.34. The summed E-state index contributed by atoms with van der Waals surface area (Å²) < 4.78 is 18.8. The van der Waals surface area contributed by atoms with Gasteiger partial charge in [-0.3, -0.25) is 0 Å². The highest BCUT2D eigenvalue weighted by Crippen LogP contribution is 2.20. The third-order valence-electron chi connectivity index (χ3n) is 2.90. The van der Waals surface area contributed by atoms with E-state index in [1.165, 1.54) is 12.1 Å². The summed E-state index contributed by atoms with van der Waals surface area (Å²) in [4.78, 5) is 0. The molecule has 2 aromatic rings. The number of nitriles is 1. The monoisotopic (exact) mass is 271 g/mol. The zero-order valence-electron chi connectivity index (χ0n) is 11.0. The second-order valence-corrected chi connectivity index (χ2v) is 4.46. The molecule has 2 aromatic carbocycles. The van der Waals surface area contributed by atoms with Crippen molar-refractivity contribution in [1.29, 1.82) is 5.26 Å². The number of halogens is 1. The Balaban J connectivity index is 2.09. The fourth-order valence-electron chi connectivity index (χ4n) is 1.78. The number of aliphatic hydroxyl groups excluding tert-OH is 1. The molecule has 1 atom stereocenters. The van der Waals surface area contributed by atoms with Crippen molar-refractivity contribution in [2.75, 3.05) is 0 Å². The van der Waals surface area contributed by atoms with Gasteiger partial charge in [0.2, 0.25) is 0 Å². The van der Waals surface area contributed by atoms with Crippen LogP contribution in [0.15, 0.2) is 42.5 Å². The highest BCUT2D eigenvalue weighted by Gasteiger charge is 2.05. The van der Waals surface area contributed by atoms with Gasteiger partial charge in [0.1, 0.15) is 24.2 Å². The predicted molar refractivity (Wildman–Crippen MR) is 72.5 cm³/mol. The molecule has 20 heavy (non-hydrogen) atoms. The van der Waals surface area contributed by atoms with Crippen LogP contribution >= 0.6 is 0 Å². The maximum Gasteiger partial charge on any atom is 0.140 e. The maximum atomic E-state index is 13.2. The molecule has 0 unspecified atom stereocenters. The molecule has 0 saturated heterocycles. The molecule has 0 saturated carbocycles. The summed E-state index contributed by atoms with van der Waals surface area (Å²) in [7, 11) is 0. The molecule has 1 N–H and O–H groups in total. The number of rotatable bonds is 4. The first-order chi connectivity index (χ1) is 9.60. The maximum absolute atomic E-state index is 13.2. The van der Waals surface area contributed by atoms with Crippen molar-refractivity contribution in [2.24, 2.45) is 0 Å². The van der Waals surface area contributed by atoms with Crippen LogP contribution in [0.25, 0.3) is 0 Å². The van der Waals surface area contributed by atoms with E-state index in [1.54, 1.807) is 37.3 Å². The van der Waals surface area contributed by atoms with Crippen molar-refractivity contribution in [3.8, 4) is 11.8 Å². The number of nitrogens with zero attached hydrogens (tertiary/aromatic N) is 1. The molecular weight excluding hydrogens is 257 g/mol. The van der Waals surface area contributed by atoms with Crippen molar-refractivity contribution in [2.45, 2.75) is 19.6 Å². The second kappa shape index (κ2) is 6.18. The van der Waals surface area contributed by atoms with Crippen LogP contribution in [0, 0.1) is 17.1 Å². The van der Waals surface area contributed by atoms with E-state index < -0.39 is 11.9 Å². The van der Waals surface area contributed by atoms with Crippen molar-refractivity contribution in [3.63, 3.8) is 0 Å². The minimum absolute atomic E-state index is 0.00355. The highest BCUT2D eigenvalue weighted by atomic mass is 19.1. The van der Waals surface area contributed by atoms with Gasteiger partial charge in [0.15, 0.2) is 0 Å². The Morgan fingerprint density at radius 1 is 1.30 bits per heavy atom. The molecule has 0 radical (unpaired) electrons. The SMILES string of the molecule is C[C@H](O)c1cccc(OCc2ccc(F)c(C#N)c2)c1. The Hall–Kier alpha value is -2.38. The first kappa shape index (κ1) is 14.0. The summed E-state index contributed by atoms with van der Waals surface area (Å²) in [6.07, 6.45) is -0.561. The lowest BCUT2D eigenvalue weighted by Crippen LogP contribution is -1.98. The molecule has 3 nitrogen and oxygen atoms in total. The van der Waals surface area contributed by atoms with E-state index in [9.17, 15) is 9.50 Å². The molecule has 0 fully saturated rings. The normalized spacial score (nSPS) is 11.7. The third-order valence-corrected chi connectivity index (χ3v) is 2.90. The van der Waals surface area contributed by atoms with Crippen molar-refractivity contribution < 1.29 is 14.2 Å². The molecule has 0 aliphatic heterocycles. The van der Waals surface area contributed by atoms with E-state index >= 15 is 0 Å². The lowest BCUT2D eigenvalue weighted by molar-refractivity contribution is 0.198. The van der Waals surface area contributed by atoms with Crippen LogP contribution in [0.5, 0.6) is 5.75 Å². The summed E-state index contributed by atoms with van der Waals surface area (Å²) in [5.41, 5.74) is 1.48. The fraction of sp³-hybridized carbons (Fsp3) is 0.188. The molecule has 0 heterocycles. The van der Waals surface area contributed by atoms with E-state index in [2.05, 4.69) is 0 Å². The molecule has 4 heteroatoms. The summed E-state index contributed by atoms with van der Waals surface area (Å²) in [5, 5.41) is 18.3. The average molecular weight is 271 g/mol. The summed E-state index contributed by atoms with van der Waals surface area (Å²) in [5.74, 6) is 0.0820. The van der Waals surface area contributed by atoms with Crippen molar-refractivity contribution in [3.05, 3.63) is 65.0 Å². The van der Waals surface area contributed by atoms with Gasteiger partial charge in [-0.15, -0.1) is 0 Å². The smallest absolute Gasteiger partial charge is 0.140 e. The van der Waals surface area contributed by atoms with Gasteiger partial charge < -0.3 is 9.84 Å².